The Hall–Kier alpha value is -2.67. The lowest BCUT2D eigenvalue weighted by Gasteiger charge is -2.18. The molecule has 0 saturated heterocycles. The van der Waals surface area contributed by atoms with Gasteiger partial charge in [-0.1, -0.05) is 37.3 Å². The normalized spacial score (nSPS) is 19.4. The molecule has 7 nitrogen and oxygen atoms in total. The van der Waals surface area contributed by atoms with Gasteiger partial charge in [0.05, 0.1) is 12.1 Å². The number of aliphatic hydroxyl groups excluding tert-OH is 1. The third-order valence-electron chi connectivity index (χ3n) is 5.52. The molecule has 0 bridgehead atoms. The fourth-order valence-corrected chi connectivity index (χ4v) is 3.96. The second-order valence-corrected chi connectivity index (χ2v) is 7.57. The highest BCUT2D eigenvalue weighted by Gasteiger charge is 2.27. The summed E-state index contributed by atoms with van der Waals surface area (Å²) in [7, 11) is 1.72. The van der Waals surface area contributed by atoms with E-state index in [9.17, 15) is 9.90 Å². The predicted octanol–water partition coefficient (Wildman–Crippen LogP) is 2.46. The lowest BCUT2D eigenvalue weighted by atomic mass is 10.2. The molecular weight excluding hydrogens is 354 g/mol. The molecule has 7 heteroatoms. The van der Waals surface area contributed by atoms with E-state index in [1.165, 1.54) is 4.57 Å². The van der Waals surface area contributed by atoms with E-state index in [1.807, 2.05) is 22.8 Å². The highest BCUT2D eigenvalue weighted by molar-refractivity contribution is 5.72. The minimum absolute atomic E-state index is 0.0722. The molecule has 0 radical (unpaired) electrons. The van der Waals surface area contributed by atoms with E-state index in [2.05, 4.69) is 29.4 Å². The summed E-state index contributed by atoms with van der Waals surface area (Å²) in [6.45, 7) is 2.70. The molecule has 2 aromatic heterocycles. The first-order chi connectivity index (χ1) is 13.6. The van der Waals surface area contributed by atoms with E-state index >= 15 is 0 Å². The fourth-order valence-electron chi connectivity index (χ4n) is 3.96. The second kappa shape index (κ2) is 7.75. The topological polar surface area (TPSA) is 85.0 Å². The summed E-state index contributed by atoms with van der Waals surface area (Å²) in [5.41, 5.74) is 2.01. The fraction of sp³-hybridized carbons (Fsp3) is 0.476. The van der Waals surface area contributed by atoms with E-state index in [1.54, 1.807) is 7.05 Å². The number of nitrogens with one attached hydrogen (secondary N) is 1. The zero-order valence-electron chi connectivity index (χ0n) is 16.4. The molecule has 0 spiro atoms. The van der Waals surface area contributed by atoms with Gasteiger partial charge in [0, 0.05) is 20.0 Å². The van der Waals surface area contributed by atoms with Crippen LogP contribution in [-0.2, 0) is 20.0 Å². The smallest absolute Gasteiger partial charge is 0.280 e. The number of benzene rings is 1. The van der Waals surface area contributed by atoms with Crippen LogP contribution in [0.15, 0.2) is 35.1 Å². The summed E-state index contributed by atoms with van der Waals surface area (Å²) in [4.78, 5) is 22.5. The molecule has 28 heavy (non-hydrogen) atoms. The van der Waals surface area contributed by atoms with Gasteiger partial charge in [0.1, 0.15) is 5.82 Å². The molecule has 1 saturated carbocycles. The quantitative estimate of drug-likeness (QED) is 0.685. The van der Waals surface area contributed by atoms with E-state index < -0.39 is 6.10 Å². The number of fused-ring (bicyclic) bond motifs is 1. The summed E-state index contributed by atoms with van der Waals surface area (Å²) in [5.74, 6) is 1.35. The summed E-state index contributed by atoms with van der Waals surface area (Å²) >= 11 is 0. The molecule has 0 unspecified atom stereocenters. The standard InChI is InChI=1S/C21H27N5O2/c1-3-8-17-23-19-18(26(17)13-14-9-5-4-6-10-14)20(28)25(2)21(24-19)22-15-11-7-12-16(15)27/h4-6,9-10,15-16,27H,3,7-8,11-13H2,1-2H3,(H,22,24)/t15-,16-/m1/s1. The average Bonchev–Trinajstić information content (AvgIpc) is 3.24. The number of hydrogen-bond donors (Lipinski definition) is 2. The molecule has 2 heterocycles. The van der Waals surface area contributed by atoms with Gasteiger partial charge in [-0.2, -0.15) is 4.98 Å². The van der Waals surface area contributed by atoms with E-state index in [0.29, 0.717) is 23.7 Å². The molecule has 2 N–H and O–H groups in total. The maximum absolute atomic E-state index is 13.2. The molecule has 4 rings (SSSR count). The number of anilines is 1. The highest BCUT2D eigenvalue weighted by atomic mass is 16.3. The Morgan fingerprint density at radius 2 is 2.00 bits per heavy atom. The van der Waals surface area contributed by atoms with Gasteiger partial charge in [-0.25, -0.2) is 4.98 Å². The van der Waals surface area contributed by atoms with Crippen LogP contribution >= 0.6 is 0 Å². The number of rotatable bonds is 6. The first-order valence-corrected chi connectivity index (χ1v) is 10.0. The molecule has 0 aliphatic heterocycles. The zero-order chi connectivity index (χ0) is 19.7. The molecule has 1 aromatic carbocycles. The van der Waals surface area contributed by atoms with Crippen molar-refractivity contribution in [1.82, 2.24) is 19.1 Å². The van der Waals surface area contributed by atoms with Crippen molar-refractivity contribution >= 4 is 17.1 Å². The van der Waals surface area contributed by atoms with E-state index in [4.69, 9.17) is 4.98 Å². The van der Waals surface area contributed by atoms with Crippen LogP contribution in [0.2, 0.25) is 0 Å². The third-order valence-corrected chi connectivity index (χ3v) is 5.52. The number of imidazole rings is 1. The molecule has 0 amide bonds. The predicted molar refractivity (Wildman–Crippen MR) is 110 cm³/mol. The number of aromatic nitrogens is 4. The number of aliphatic hydroxyl groups is 1. The number of nitrogens with zero attached hydrogens (tertiary/aromatic N) is 4. The molecule has 1 aliphatic carbocycles. The van der Waals surface area contributed by atoms with Crippen molar-refractivity contribution in [2.75, 3.05) is 5.32 Å². The van der Waals surface area contributed by atoms with Gasteiger partial charge in [-0.05, 0) is 31.2 Å². The van der Waals surface area contributed by atoms with Crippen molar-refractivity contribution in [3.05, 3.63) is 52.1 Å². The van der Waals surface area contributed by atoms with Crippen LogP contribution in [0, 0.1) is 0 Å². The van der Waals surface area contributed by atoms with Gasteiger partial charge in [0.2, 0.25) is 5.95 Å². The number of aryl methyl sites for hydroxylation is 1. The van der Waals surface area contributed by atoms with Crippen LogP contribution in [0.3, 0.4) is 0 Å². The monoisotopic (exact) mass is 381 g/mol. The van der Waals surface area contributed by atoms with Crippen molar-refractivity contribution in [3.63, 3.8) is 0 Å². The first-order valence-electron chi connectivity index (χ1n) is 10.0. The maximum Gasteiger partial charge on any atom is 0.280 e. The number of hydrogen-bond acceptors (Lipinski definition) is 5. The minimum atomic E-state index is -0.404. The van der Waals surface area contributed by atoms with Gasteiger partial charge < -0.3 is 15.0 Å². The summed E-state index contributed by atoms with van der Waals surface area (Å²) in [5, 5.41) is 13.4. The average molecular weight is 381 g/mol. The van der Waals surface area contributed by atoms with Gasteiger partial charge >= 0.3 is 0 Å². The molecule has 2 atom stereocenters. The van der Waals surface area contributed by atoms with Crippen molar-refractivity contribution in [2.45, 2.75) is 57.7 Å². The Labute approximate surface area is 164 Å². The van der Waals surface area contributed by atoms with Gasteiger partial charge in [0.15, 0.2) is 11.2 Å². The van der Waals surface area contributed by atoms with Crippen LogP contribution in [0.5, 0.6) is 0 Å². The van der Waals surface area contributed by atoms with Gasteiger partial charge in [-0.3, -0.25) is 9.36 Å². The van der Waals surface area contributed by atoms with Crippen molar-refractivity contribution in [2.24, 2.45) is 7.05 Å². The third kappa shape index (κ3) is 3.42. The Morgan fingerprint density at radius 1 is 1.21 bits per heavy atom. The Balaban J connectivity index is 1.79. The van der Waals surface area contributed by atoms with Crippen LogP contribution in [0.4, 0.5) is 5.95 Å². The Bertz CT molecular complexity index is 1020. The van der Waals surface area contributed by atoms with Gasteiger partial charge in [0.25, 0.3) is 5.56 Å². The lowest BCUT2D eigenvalue weighted by molar-refractivity contribution is 0.171. The largest absolute Gasteiger partial charge is 0.391 e. The maximum atomic E-state index is 13.2. The molecule has 1 aliphatic rings. The van der Waals surface area contributed by atoms with Crippen LogP contribution in [0.25, 0.3) is 11.2 Å². The summed E-state index contributed by atoms with van der Waals surface area (Å²) in [6, 6.07) is 10.0. The van der Waals surface area contributed by atoms with Crippen molar-refractivity contribution in [1.29, 1.82) is 0 Å². The molecule has 1 fully saturated rings. The summed E-state index contributed by atoms with van der Waals surface area (Å²) < 4.78 is 3.53. The lowest BCUT2D eigenvalue weighted by Crippen LogP contribution is -2.32. The molecule has 3 aromatic rings. The molecule has 148 valence electrons. The second-order valence-electron chi connectivity index (χ2n) is 7.57. The van der Waals surface area contributed by atoms with Crippen molar-refractivity contribution in [3.8, 4) is 0 Å². The molecular formula is C21H27N5O2. The van der Waals surface area contributed by atoms with Crippen LogP contribution in [-0.4, -0.2) is 36.4 Å². The van der Waals surface area contributed by atoms with E-state index in [0.717, 1.165) is 43.5 Å². The van der Waals surface area contributed by atoms with E-state index in [-0.39, 0.29) is 11.6 Å². The first kappa shape index (κ1) is 18.7. The van der Waals surface area contributed by atoms with Crippen LogP contribution in [0.1, 0.15) is 44.0 Å². The van der Waals surface area contributed by atoms with Gasteiger partial charge in [-0.15, -0.1) is 0 Å². The zero-order valence-corrected chi connectivity index (χ0v) is 16.4. The van der Waals surface area contributed by atoms with Crippen LogP contribution < -0.4 is 10.9 Å². The minimum Gasteiger partial charge on any atom is -0.391 e. The van der Waals surface area contributed by atoms with Crippen molar-refractivity contribution < 1.29 is 5.11 Å². The highest BCUT2D eigenvalue weighted by Crippen LogP contribution is 2.23. The summed E-state index contributed by atoms with van der Waals surface area (Å²) in [6.07, 6.45) is 3.95. The Morgan fingerprint density at radius 3 is 2.68 bits per heavy atom. The Kier molecular flexibility index (Phi) is 5.17. The SMILES string of the molecule is CCCc1nc2nc(N[C@@H]3CCC[C@H]3O)n(C)c(=O)c2n1Cc1ccccc1.